The van der Waals surface area contributed by atoms with Crippen LogP contribution < -0.4 is 0 Å². The summed E-state index contributed by atoms with van der Waals surface area (Å²) in [5.74, 6) is -0.921. The van der Waals surface area contributed by atoms with E-state index in [2.05, 4.69) is 14.8 Å². The van der Waals surface area contributed by atoms with Gasteiger partial charge in [0.15, 0.2) is 5.69 Å². The number of hydrogen-bond donors (Lipinski definition) is 0. The molecule has 2 aromatic rings. The number of nitrogens with zero attached hydrogens (tertiary/aromatic N) is 4. The lowest BCUT2D eigenvalue weighted by Gasteiger charge is -2.31. The second-order valence-electron chi connectivity index (χ2n) is 6.47. The van der Waals surface area contributed by atoms with Crippen LogP contribution in [-0.2, 0) is 16.1 Å². The molecular formula is C17H18F4N4O3S. The first kappa shape index (κ1) is 21.2. The van der Waals surface area contributed by atoms with Crippen molar-refractivity contribution in [3.63, 3.8) is 0 Å². The topological polar surface area (TPSA) is 77.3 Å². The van der Waals surface area contributed by atoms with Gasteiger partial charge in [0.1, 0.15) is 17.9 Å². The number of rotatable bonds is 6. The fraction of sp³-hybridized carbons (Fsp3) is 0.529. The SMILES string of the molecule is COC(=O)c1csc(C2CCN(C(=O)Cn3nc(C(F)F)cc3C(F)F)CC2)n1. The zero-order valence-electron chi connectivity index (χ0n) is 15.4. The number of carbonyl (C=O) groups is 2. The number of likely N-dealkylation sites (tertiary alicyclic amines) is 1. The maximum Gasteiger partial charge on any atom is 0.357 e. The minimum Gasteiger partial charge on any atom is -0.464 e. The molecule has 0 radical (unpaired) electrons. The number of alkyl halides is 4. The number of ether oxygens (including phenoxy) is 1. The van der Waals surface area contributed by atoms with Crippen LogP contribution in [0.3, 0.4) is 0 Å². The Morgan fingerprint density at radius 1 is 1.24 bits per heavy atom. The summed E-state index contributed by atoms with van der Waals surface area (Å²) in [6.07, 6.45) is -4.83. The largest absolute Gasteiger partial charge is 0.464 e. The third-order valence-electron chi connectivity index (χ3n) is 4.68. The molecule has 2 aromatic heterocycles. The number of thiazole rings is 1. The van der Waals surface area contributed by atoms with E-state index in [0.717, 1.165) is 5.01 Å². The van der Waals surface area contributed by atoms with Gasteiger partial charge in [-0.15, -0.1) is 11.3 Å². The quantitative estimate of drug-likeness (QED) is 0.515. The second kappa shape index (κ2) is 8.89. The molecule has 1 fully saturated rings. The summed E-state index contributed by atoms with van der Waals surface area (Å²) in [7, 11) is 1.27. The zero-order valence-corrected chi connectivity index (χ0v) is 16.2. The number of halogens is 4. The van der Waals surface area contributed by atoms with Crippen molar-refractivity contribution >= 4 is 23.2 Å². The second-order valence-corrected chi connectivity index (χ2v) is 7.36. The van der Waals surface area contributed by atoms with Gasteiger partial charge in [0, 0.05) is 24.4 Å². The van der Waals surface area contributed by atoms with Gasteiger partial charge in [-0.05, 0) is 18.9 Å². The Bertz CT molecular complexity index is 878. The summed E-state index contributed by atoms with van der Waals surface area (Å²) >= 11 is 1.34. The van der Waals surface area contributed by atoms with Gasteiger partial charge in [-0.1, -0.05) is 0 Å². The predicted molar refractivity (Wildman–Crippen MR) is 94.1 cm³/mol. The average Bonchev–Trinajstić information content (AvgIpc) is 3.35. The molecule has 29 heavy (non-hydrogen) atoms. The first-order chi connectivity index (χ1) is 13.8. The molecule has 0 saturated carbocycles. The molecule has 0 aliphatic carbocycles. The molecule has 0 bridgehead atoms. The van der Waals surface area contributed by atoms with E-state index in [1.54, 1.807) is 5.38 Å². The standard InChI is InChI=1S/C17H18F4N4O3S/c1-28-17(27)11-8-29-16(22-11)9-2-4-24(5-3-9)13(26)7-25-12(15(20)21)6-10(23-25)14(18)19/h6,8-9,14-15H,2-5,7H2,1H3. The van der Waals surface area contributed by atoms with Gasteiger partial charge in [0.2, 0.25) is 5.91 Å². The first-order valence-corrected chi connectivity index (χ1v) is 9.63. The van der Waals surface area contributed by atoms with Gasteiger partial charge in [0.05, 0.1) is 12.1 Å². The van der Waals surface area contributed by atoms with Crippen molar-refractivity contribution in [3.8, 4) is 0 Å². The van der Waals surface area contributed by atoms with E-state index in [9.17, 15) is 27.2 Å². The molecule has 158 valence electrons. The Morgan fingerprint density at radius 3 is 2.52 bits per heavy atom. The highest BCUT2D eigenvalue weighted by Gasteiger charge is 2.28. The number of aromatic nitrogens is 3. The van der Waals surface area contributed by atoms with Gasteiger partial charge in [-0.2, -0.15) is 5.10 Å². The van der Waals surface area contributed by atoms with Crippen molar-refractivity contribution in [3.05, 3.63) is 33.5 Å². The number of carbonyl (C=O) groups excluding carboxylic acids is 2. The Morgan fingerprint density at radius 2 is 1.93 bits per heavy atom. The lowest BCUT2D eigenvalue weighted by atomic mass is 9.97. The van der Waals surface area contributed by atoms with E-state index in [-0.39, 0.29) is 11.6 Å². The molecule has 7 nitrogen and oxygen atoms in total. The average molecular weight is 434 g/mol. The van der Waals surface area contributed by atoms with Crippen molar-refractivity contribution in [1.82, 2.24) is 19.7 Å². The molecule has 3 rings (SSSR count). The molecule has 12 heteroatoms. The summed E-state index contributed by atoms with van der Waals surface area (Å²) in [4.78, 5) is 29.7. The molecular weight excluding hydrogens is 416 g/mol. The van der Waals surface area contributed by atoms with Gasteiger partial charge >= 0.3 is 5.97 Å². The van der Waals surface area contributed by atoms with Gasteiger partial charge in [-0.25, -0.2) is 27.3 Å². The predicted octanol–water partition coefficient (Wildman–Crippen LogP) is 3.41. The first-order valence-electron chi connectivity index (χ1n) is 8.75. The van der Waals surface area contributed by atoms with Crippen LogP contribution in [0.4, 0.5) is 17.6 Å². The van der Waals surface area contributed by atoms with E-state index < -0.39 is 42.7 Å². The number of amides is 1. The minimum atomic E-state index is -3.01. The third kappa shape index (κ3) is 4.74. The van der Waals surface area contributed by atoms with E-state index in [1.807, 2.05) is 0 Å². The number of methoxy groups -OCH3 is 1. The fourth-order valence-electron chi connectivity index (χ4n) is 3.14. The van der Waals surface area contributed by atoms with Crippen LogP contribution >= 0.6 is 11.3 Å². The molecule has 1 amide bonds. The molecule has 0 aromatic carbocycles. The molecule has 1 aliphatic rings. The Labute approximate surface area is 167 Å². The summed E-state index contributed by atoms with van der Waals surface area (Å²) in [6.45, 7) is 0.202. The van der Waals surface area contributed by atoms with Gasteiger partial charge in [0.25, 0.3) is 12.9 Å². The lowest BCUT2D eigenvalue weighted by molar-refractivity contribution is -0.133. The van der Waals surface area contributed by atoms with Crippen molar-refractivity contribution in [2.75, 3.05) is 20.2 Å². The number of hydrogen-bond acceptors (Lipinski definition) is 6. The van der Waals surface area contributed by atoms with Crippen LogP contribution in [0.2, 0.25) is 0 Å². The monoisotopic (exact) mass is 434 g/mol. The highest BCUT2D eigenvalue weighted by Crippen LogP contribution is 2.31. The van der Waals surface area contributed by atoms with E-state index in [0.29, 0.717) is 36.7 Å². The maximum absolute atomic E-state index is 13.1. The maximum atomic E-state index is 13.1. The summed E-state index contributed by atoms with van der Waals surface area (Å²) < 4.78 is 56.9. The Balaban J connectivity index is 1.61. The lowest BCUT2D eigenvalue weighted by Crippen LogP contribution is -2.40. The molecule has 0 unspecified atom stereocenters. The molecule has 0 N–H and O–H groups in total. The number of esters is 1. The van der Waals surface area contributed by atoms with E-state index in [1.165, 1.54) is 23.3 Å². The van der Waals surface area contributed by atoms with Crippen LogP contribution in [0, 0.1) is 0 Å². The van der Waals surface area contributed by atoms with E-state index in [4.69, 9.17) is 0 Å². The van der Waals surface area contributed by atoms with Crippen LogP contribution in [0.25, 0.3) is 0 Å². The smallest absolute Gasteiger partial charge is 0.357 e. The van der Waals surface area contributed by atoms with Crippen molar-refractivity contribution in [1.29, 1.82) is 0 Å². The van der Waals surface area contributed by atoms with Crippen LogP contribution in [0.15, 0.2) is 11.4 Å². The van der Waals surface area contributed by atoms with Gasteiger partial charge < -0.3 is 9.64 Å². The van der Waals surface area contributed by atoms with E-state index >= 15 is 0 Å². The summed E-state index contributed by atoms with van der Waals surface area (Å²) in [5.41, 5.74) is -1.25. The van der Waals surface area contributed by atoms with Gasteiger partial charge in [-0.3, -0.25) is 9.48 Å². The van der Waals surface area contributed by atoms with Crippen molar-refractivity contribution in [2.24, 2.45) is 0 Å². The van der Waals surface area contributed by atoms with Crippen LogP contribution in [0.5, 0.6) is 0 Å². The molecule has 0 atom stereocenters. The number of piperidine rings is 1. The highest BCUT2D eigenvalue weighted by atomic mass is 32.1. The van der Waals surface area contributed by atoms with Crippen LogP contribution in [-0.4, -0.2) is 51.7 Å². The third-order valence-corrected chi connectivity index (χ3v) is 5.68. The summed E-state index contributed by atoms with van der Waals surface area (Å²) in [5, 5.41) is 5.83. The Kier molecular flexibility index (Phi) is 6.50. The van der Waals surface area contributed by atoms with Crippen molar-refractivity contribution < 1.29 is 31.9 Å². The normalized spacial score (nSPS) is 15.3. The highest BCUT2D eigenvalue weighted by molar-refractivity contribution is 7.09. The zero-order chi connectivity index (χ0) is 21.1. The molecule has 3 heterocycles. The van der Waals surface area contributed by atoms with Crippen LogP contribution in [0.1, 0.15) is 58.5 Å². The minimum absolute atomic E-state index is 0.0641. The summed E-state index contributed by atoms with van der Waals surface area (Å²) in [6, 6.07) is 0.621. The Hall–Kier alpha value is -2.50. The fourth-order valence-corrected chi connectivity index (χ4v) is 4.10. The van der Waals surface area contributed by atoms with Crippen molar-refractivity contribution in [2.45, 2.75) is 38.2 Å². The molecule has 1 saturated heterocycles. The molecule has 0 spiro atoms. The molecule has 1 aliphatic heterocycles.